The number of rotatable bonds is 5. The second-order valence-corrected chi connectivity index (χ2v) is 9.75. The Balaban J connectivity index is 1.76. The van der Waals surface area contributed by atoms with Crippen LogP contribution in [0.5, 0.6) is 0 Å². The van der Waals surface area contributed by atoms with E-state index in [9.17, 15) is 0 Å². The summed E-state index contributed by atoms with van der Waals surface area (Å²) in [4.78, 5) is 2.63. The van der Waals surface area contributed by atoms with Gasteiger partial charge >= 0.3 is 0 Å². The third-order valence-electron chi connectivity index (χ3n) is 2.27. The molecule has 4 heteroatoms. The highest BCUT2D eigenvalue weighted by molar-refractivity contribution is 9.26. The van der Waals surface area contributed by atoms with Gasteiger partial charge in [-0.3, -0.25) is 0 Å². The Morgan fingerprint density at radius 1 is 0.667 bits per heavy atom. The molecule has 0 saturated heterocycles. The lowest BCUT2D eigenvalue weighted by Crippen LogP contribution is -1.71. The number of hydrogen-bond donors (Lipinski definition) is 0. The maximum atomic E-state index is 2.22. The van der Waals surface area contributed by atoms with Crippen molar-refractivity contribution in [3.63, 3.8) is 0 Å². The molecule has 0 saturated carbocycles. The Bertz CT molecular complexity index is 463. The molecule has 94 valence electrons. The highest BCUT2D eigenvalue weighted by Gasteiger charge is 1.98. The lowest BCUT2D eigenvalue weighted by Gasteiger charge is -2.02. The molecule has 0 radical (unpaired) electrons. The predicted molar refractivity (Wildman–Crippen MR) is 89.3 cm³/mol. The van der Waals surface area contributed by atoms with E-state index in [4.69, 9.17) is 0 Å². The molecule has 0 amide bonds. The Labute approximate surface area is 124 Å². The van der Waals surface area contributed by atoms with Crippen LogP contribution in [0.15, 0.2) is 58.3 Å². The first-order chi connectivity index (χ1) is 8.74. The van der Waals surface area contributed by atoms with Gasteiger partial charge in [0, 0.05) is 9.79 Å². The van der Waals surface area contributed by atoms with E-state index in [1.165, 1.54) is 20.9 Å². The molecule has 0 bridgehead atoms. The molecular formula is C14H14S4. The van der Waals surface area contributed by atoms with Crippen molar-refractivity contribution in [1.82, 2.24) is 0 Å². The molecule has 2 aromatic rings. The Morgan fingerprint density at radius 3 is 1.50 bits per heavy atom. The zero-order valence-corrected chi connectivity index (χ0v) is 13.5. The van der Waals surface area contributed by atoms with Gasteiger partial charge in [0.25, 0.3) is 0 Å². The van der Waals surface area contributed by atoms with E-state index in [0.29, 0.717) is 0 Å². The van der Waals surface area contributed by atoms with Crippen molar-refractivity contribution in [1.29, 1.82) is 0 Å². The standard InChI is InChI=1S/C14H14S4/c1-11-5-3-7-13(9-11)15-17-18-16-14-8-4-6-12(2)10-14/h3-10H,1-2H3. The average molecular weight is 311 g/mol. The first kappa shape index (κ1) is 14.3. The van der Waals surface area contributed by atoms with E-state index in [0.717, 1.165) is 0 Å². The maximum Gasteiger partial charge on any atom is 0.0194 e. The smallest absolute Gasteiger partial charge is 0.0194 e. The van der Waals surface area contributed by atoms with Crippen molar-refractivity contribution in [2.24, 2.45) is 0 Å². The Hall–Kier alpha value is -0.160. The van der Waals surface area contributed by atoms with Gasteiger partial charge in [-0.05, 0) is 90.5 Å². The molecule has 2 rings (SSSR count). The van der Waals surface area contributed by atoms with Crippen LogP contribution in [0, 0.1) is 13.8 Å². The van der Waals surface area contributed by atoms with E-state index in [1.807, 2.05) is 41.2 Å². The van der Waals surface area contributed by atoms with Crippen LogP contribution in [-0.4, -0.2) is 0 Å². The normalized spacial score (nSPS) is 10.6. The fraction of sp³-hybridized carbons (Fsp3) is 0.143. The van der Waals surface area contributed by atoms with Gasteiger partial charge in [-0.1, -0.05) is 24.3 Å². The van der Waals surface area contributed by atoms with Gasteiger partial charge < -0.3 is 0 Å². The topological polar surface area (TPSA) is 0 Å². The highest BCUT2D eigenvalue weighted by Crippen LogP contribution is 2.49. The average Bonchev–Trinajstić information content (AvgIpc) is 2.35. The van der Waals surface area contributed by atoms with Crippen LogP contribution >= 0.6 is 41.2 Å². The lowest BCUT2D eigenvalue weighted by molar-refractivity contribution is 1.37. The minimum atomic E-state index is 1.32. The summed E-state index contributed by atoms with van der Waals surface area (Å²) in [5, 5.41) is 0. The lowest BCUT2D eigenvalue weighted by atomic mass is 10.2. The van der Waals surface area contributed by atoms with Gasteiger partial charge in [-0.15, -0.1) is 0 Å². The van der Waals surface area contributed by atoms with Crippen LogP contribution < -0.4 is 0 Å². The molecule has 0 fully saturated rings. The summed E-state index contributed by atoms with van der Waals surface area (Å²) in [6, 6.07) is 17.2. The van der Waals surface area contributed by atoms with Gasteiger partial charge in [-0.25, -0.2) is 0 Å². The minimum absolute atomic E-state index is 1.32. The molecule has 0 atom stereocenters. The van der Waals surface area contributed by atoms with Crippen molar-refractivity contribution in [3.8, 4) is 0 Å². The fourth-order valence-electron chi connectivity index (χ4n) is 1.44. The van der Waals surface area contributed by atoms with Crippen molar-refractivity contribution in [3.05, 3.63) is 59.7 Å². The van der Waals surface area contributed by atoms with E-state index < -0.39 is 0 Å². The molecule has 18 heavy (non-hydrogen) atoms. The monoisotopic (exact) mass is 310 g/mol. The van der Waals surface area contributed by atoms with Crippen LogP contribution in [0.2, 0.25) is 0 Å². The zero-order chi connectivity index (χ0) is 12.8. The fourth-order valence-corrected chi connectivity index (χ4v) is 7.06. The summed E-state index contributed by atoms with van der Waals surface area (Å²) in [5.74, 6) is 0. The third-order valence-corrected chi connectivity index (χ3v) is 8.31. The zero-order valence-electron chi connectivity index (χ0n) is 10.3. The third kappa shape index (κ3) is 4.84. The van der Waals surface area contributed by atoms with Gasteiger partial charge in [0.15, 0.2) is 0 Å². The quantitative estimate of drug-likeness (QED) is 0.462. The van der Waals surface area contributed by atoms with Gasteiger partial charge in [0.1, 0.15) is 0 Å². The summed E-state index contributed by atoms with van der Waals surface area (Å²) in [7, 11) is 7.26. The van der Waals surface area contributed by atoms with Crippen LogP contribution in [0.25, 0.3) is 0 Å². The molecule has 0 aliphatic carbocycles. The number of benzene rings is 2. The van der Waals surface area contributed by atoms with Crippen molar-refractivity contribution in [2.75, 3.05) is 0 Å². The van der Waals surface area contributed by atoms with Crippen molar-refractivity contribution >= 4 is 41.2 Å². The van der Waals surface area contributed by atoms with Crippen LogP contribution in [0.3, 0.4) is 0 Å². The second-order valence-electron chi connectivity index (χ2n) is 3.94. The van der Waals surface area contributed by atoms with E-state index >= 15 is 0 Å². The molecular weight excluding hydrogens is 296 g/mol. The predicted octanol–water partition coefficient (Wildman–Crippen LogP) is 6.40. The number of aryl methyl sites for hydroxylation is 2. The molecule has 0 aliphatic heterocycles. The largest absolute Gasteiger partial charge is 0.0609 e. The van der Waals surface area contributed by atoms with Crippen molar-refractivity contribution < 1.29 is 0 Å². The van der Waals surface area contributed by atoms with E-state index in [1.54, 1.807) is 0 Å². The summed E-state index contributed by atoms with van der Waals surface area (Å²) in [6.07, 6.45) is 0. The first-order valence-electron chi connectivity index (χ1n) is 5.55. The van der Waals surface area contributed by atoms with E-state index in [-0.39, 0.29) is 0 Å². The maximum absolute atomic E-state index is 2.22. The molecule has 0 N–H and O–H groups in total. The second kappa shape index (κ2) is 7.43. The summed E-state index contributed by atoms with van der Waals surface area (Å²) in [5.41, 5.74) is 2.63. The molecule has 0 aliphatic rings. The highest BCUT2D eigenvalue weighted by atomic mass is 33.7. The van der Waals surface area contributed by atoms with Crippen molar-refractivity contribution in [2.45, 2.75) is 23.6 Å². The molecule has 0 nitrogen and oxygen atoms in total. The van der Waals surface area contributed by atoms with Gasteiger partial charge in [0.05, 0.1) is 0 Å². The Morgan fingerprint density at radius 2 is 1.11 bits per heavy atom. The molecule has 2 aromatic carbocycles. The summed E-state index contributed by atoms with van der Waals surface area (Å²) in [6.45, 7) is 4.26. The molecule has 0 aromatic heterocycles. The summed E-state index contributed by atoms with van der Waals surface area (Å²) < 4.78 is 0. The SMILES string of the molecule is Cc1cccc(SSSSc2cccc(C)c2)c1. The van der Waals surface area contributed by atoms with Gasteiger partial charge in [0.2, 0.25) is 0 Å². The van der Waals surface area contributed by atoms with Crippen LogP contribution in [0.1, 0.15) is 11.1 Å². The molecule has 0 heterocycles. The Kier molecular flexibility index (Phi) is 5.89. The summed E-state index contributed by atoms with van der Waals surface area (Å²) >= 11 is 0. The first-order valence-corrected chi connectivity index (χ1v) is 10.4. The van der Waals surface area contributed by atoms with Crippen LogP contribution in [-0.2, 0) is 0 Å². The molecule has 0 unspecified atom stereocenters. The van der Waals surface area contributed by atoms with E-state index in [2.05, 4.69) is 62.4 Å². The minimum Gasteiger partial charge on any atom is -0.0609 e. The number of hydrogen-bond acceptors (Lipinski definition) is 4. The van der Waals surface area contributed by atoms with Crippen LogP contribution in [0.4, 0.5) is 0 Å². The van der Waals surface area contributed by atoms with Gasteiger partial charge in [-0.2, -0.15) is 0 Å². The molecule has 0 spiro atoms.